The molecule has 6 heteroatoms. The largest absolute Gasteiger partial charge is 0.493 e. The first kappa shape index (κ1) is 19.5. The van der Waals surface area contributed by atoms with Crippen LogP contribution in [-0.2, 0) is 6.61 Å². The second kappa shape index (κ2) is 8.61. The Morgan fingerprint density at radius 1 is 1.14 bits per heavy atom. The fourth-order valence-electron chi connectivity index (χ4n) is 2.89. The Morgan fingerprint density at radius 3 is 2.54 bits per heavy atom. The quantitative estimate of drug-likeness (QED) is 0.659. The summed E-state index contributed by atoms with van der Waals surface area (Å²) in [6.45, 7) is 5.98. The number of aromatic nitrogens is 1. The Bertz CT molecular complexity index is 931. The van der Waals surface area contributed by atoms with E-state index in [1.165, 1.54) is 0 Å². The van der Waals surface area contributed by atoms with Gasteiger partial charge in [-0.05, 0) is 44.5 Å². The fraction of sp³-hybridized carbons (Fsp3) is 0.273. The van der Waals surface area contributed by atoms with Gasteiger partial charge in [-0.1, -0.05) is 35.5 Å². The number of rotatable bonds is 7. The van der Waals surface area contributed by atoms with Crippen molar-refractivity contribution in [3.05, 3.63) is 76.7 Å². The SMILES string of the molecule is COc1cc(C(=O)NC(C)c2ccccc2)ccc1OCc1c(C)noc1C. The molecule has 1 N–H and O–H groups in total. The van der Waals surface area contributed by atoms with Crippen LogP contribution in [0.4, 0.5) is 0 Å². The lowest BCUT2D eigenvalue weighted by atomic mass is 10.1. The number of carbonyl (C=O) groups excluding carboxylic acids is 1. The first-order valence-electron chi connectivity index (χ1n) is 9.08. The predicted octanol–water partition coefficient (Wildman–Crippen LogP) is 4.37. The molecule has 1 unspecified atom stereocenters. The van der Waals surface area contributed by atoms with Crippen molar-refractivity contribution in [1.82, 2.24) is 10.5 Å². The van der Waals surface area contributed by atoms with Crippen molar-refractivity contribution in [1.29, 1.82) is 0 Å². The summed E-state index contributed by atoms with van der Waals surface area (Å²) in [5, 5.41) is 6.92. The molecule has 2 aromatic carbocycles. The van der Waals surface area contributed by atoms with Crippen LogP contribution >= 0.6 is 0 Å². The van der Waals surface area contributed by atoms with Crippen molar-refractivity contribution >= 4 is 5.91 Å². The normalized spacial score (nSPS) is 11.7. The monoisotopic (exact) mass is 380 g/mol. The van der Waals surface area contributed by atoms with Crippen molar-refractivity contribution in [2.45, 2.75) is 33.4 Å². The molecule has 1 atom stereocenters. The average molecular weight is 380 g/mol. The molecule has 3 aromatic rings. The highest BCUT2D eigenvalue weighted by molar-refractivity contribution is 5.95. The Labute approximate surface area is 164 Å². The summed E-state index contributed by atoms with van der Waals surface area (Å²) >= 11 is 0. The number of ether oxygens (including phenoxy) is 2. The smallest absolute Gasteiger partial charge is 0.251 e. The van der Waals surface area contributed by atoms with E-state index >= 15 is 0 Å². The second-order valence-electron chi connectivity index (χ2n) is 6.56. The molecule has 0 radical (unpaired) electrons. The summed E-state index contributed by atoms with van der Waals surface area (Å²) in [5.74, 6) is 1.59. The van der Waals surface area contributed by atoms with E-state index in [1.807, 2.05) is 51.1 Å². The van der Waals surface area contributed by atoms with Crippen LogP contribution in [0.1, 0.15) is 45.9 Å². The van der Waals surface area contributed by atoms with E-state index in [0.717, 1.165) is 22.6 Å². The molecule has 0 bridgehead atoms. The number of hydrogen-bond acceptors (Lipinski definition) is 5. The van der Waals surface area contributed by atoms with Gasteiger partial charge in [0.25, 0.3) is 5.91 Å². The third-order valence-electron chi connectivity index (χ3n) is 4.63. The molecule has 0 spiro atoms. The molecule has 0 saturated heterocycles. The molecular weight excluding hydrogens is 356 g/mol. The second-order valence-corrected chi connectivity index (χ2v) is 6.56. The minimum absolute atomic E-state index is 0.102. The van der Waals surface area contributed by atoms with Gasteiger partial charge >= 0.3 is 0 Å². The van der Waals surface area contributed by atoms with Crippen LogP contribution in [0.5, 0.6) is 11.5 Å². The highest BCUT2D eigenvalue weighted by atomic mass is 16.5. The third kappa shape index (κ3) is 4.34. The lowest BCUT2D eigenvalue weighted by Gasteiger charge is -2.16. The number of benzene rings is 2. The molecule has 0 aliphatic rings. The summed E-state index contributed by atoms with van der Waals surface area (Å²) in [7, 11) is 1.55. The van der Waals surface area contributed by atoms with Crippen molar-refractivity contribution in [3.63, 3.8) is 0 Å². The highest BCUT2D eigenvalue weighted by Gasteiger charge is 2.16. The number of nitrogens with one attached hydrogen (secondary N) is 1. The summed E-state index contributed by atoms with van der Waals surface area (Å²) in [5.41, 5.74) is 3.24. The standard InChI is InChI=1S/C22H24N2O4/c1-14(17-8-6-5-7-9-17)23-22(25)18-10-11-20(21(12-18)26-4)27-13-19-15(2)24-28-16(19)3/h5-12,14H,13H2,1-4H3,(H,23,25). The highest BCUT2D eigenvalue weighted by Crippen LogP contribution is 2.29. The van der Waals surface area contributed by atoms with E-state index in [0.29, 0.717) is 23.7 Å². The zero-order valence-corrected chi connectivity index (χ0v) is 16.5. The van der Waals surface area contributed by atoms with Crippen LogP contribution < -0.4 is 14.8 Å². The maximum absolute atomic E-state index is 12.6. The van der Waals surface area contributed by atoms with Gasteiger partial charge in [0.05, 0.1) is 24.4 Å². The molecule has 146 valence electrons. The van der Waals surface area contributed by atoms with Crippen molar-refractivity contribution in [2.75, 3.05) is 7.11 Å². The van der Waals surface area contributed by atoms with Crippen LogP contribution in [-0.4, -0.2) is 18.2 Å². The van der Waals surface area contributed by atoms with Gasteiger partial charge in [-0.15, -0.1) is 0 Å². The zero-order chi connectivity index (χ0) is 20.1. The Hall–Kier alpha value is -3.28. The van der Waals surface area contributed by atoms with Crippen LogP contribution in [0.15, 0.2) is 53.1 Å². The van der Waals surface area contributed by atoms with Gasteiger partial charge < -0.3 is 19.3 Å². The Balaban J connectivity index is 1.71. The fourth-order valence-corrected chi connectivity index (χ4v) is 2.89. The number of hydrogen-bond donors (Lipinski definition) is 1. The van der Waals surface area contributed by atoms with Gasteiger partial charge in [-0.3, -0.25) is 4.79 Å². The number of methoxy groups -OCH3 is 1. The molecule has 1 amide bonds. The molecule has 0 saturated carbocycles. The van der Waals surface area contributed by atoms with E-state index in [1.54, 1.807) is 25.3 Å². The van der Waals surface area contributed by atoms with Gasteiger partial charge in [-0.2, -0.15) is 0 Å². The van der Waals surface area contributed by atoms with Gasteiger partial charge in [0.15, 0.2) is 11.5 Å². The first-order valence-corrected chi connectivity index (χ1v) is 9.08. The molecule has 1 heterocycles. The van der Waals surface area contributed by atoms with Crippen molar-refractivity contribution in [2.24, 2.45) is 0 Å². The van der Waals surface area contributed by atoms with Crippen LogP contribution in [0.25, 0.3) is 0 Å². The summed E-state index contributed by atoms with van der Waals surface area (Å²) in [6, 6.07) is 14.8. The van der Waals surface area contributed by atoms with Gasteiger partial charge in [0.1, 0.15) is 12.4 Å². The average Bonchev–Trinajstić information content (AvgIpc) is 3.04. The van der Waals surface area contributed by atoms with E-state index in [9.17, 15) is 4.79 Å². The van der Waals surface area contributed by atoms with Gasteiger partial charge in [0, 0.05) is 5.56 Å². The van der Waals surface area contributed by atoms with Crippen LogP contribution in [0, 0.1) is 13.8 Å². The molecule has 0 fully saturated rings. The maximum atomic E-state index is 12.6. The summed E-state index contributed by atoms with van der Waals surface area (Å²) in [4.78, 5) is 12.6. The van der Waals surface area contributed by atoms with Gasteiger partial charge in [0.2, 0.25) is 0 Å². The number of carbonyl (C=O) groups is 1. The molecular formula is C22H24N2O4. The summed E-state index contributed by atoms with van der Waals surface area (Å²) < 4.78 is 16.4. The van der Waals surface area contributed by atoms with E-state index in [-0.39, 0.29) is 11.9 Å². The van der Waals surface area contributed by atoms with E-state index in [4.69, 9.17) is 14.0 Å². The lowest BCUT2D eigenvalue weighted by Crippen LogP contribution is -2.26. The minimum Gasteiger partial charge on any atom is -0.493 e. The summed E-state index contributed by atoms with van der Waals surface area (Å²) in [6.07, 6.45) is 0. The van der Waals surface area contributed by atoms with Crippen LogP contribution in [0.2, 0.25) is 0 Å². The first-order chi connectivity index (χ1) is 13.5. The van der Waals surface area contributed by atoms with E-state index in [2.05, 4.69) is 10.5 Å². The molecule has 1 aromatic heterocycles. The maximum Gasteiger partial charge on any atom is 0.251 e. The lowest BCUT2D eigenvalue weighted by molar-refractivity contribution is 0.0939. The minimum atomic E-state index is -0.174. The number of amides is 1. The van der Waals surface area contributed by atoms with Crippen LogP contribution in [0.3, 0.4) is 0 Å². The molecule has 3 rings (SSSR count). The molecule has 6 nitrogen and oxygen atoms in total. The molecule has 0 aliphatic heterocycles. The Morgan fingerprint density at radius 2 is 1.89 bits per heavy atom. The Kier molecular flexibility index (Phi) is 5.99. The zero-order valence-electron chi connectivity index (χ0n) is 16.5. The molecule has 0 aliphatic carbocycles. The van der Waals surface area contributed by atoms with Crippen molar-refractivity contribution in [3.8, 4) is 11.5 Å². The molecule has 28 heavy (non-hydrogen) atoms. The van der Waals surface area contributed by atoms with E-state index < -0.39 is 0 Å². The number of nitrogens with zero attached hydrogens (tertiary/aromatic N) is 1. The van der Waals surface area contributed by atoms with Crippen molar-refractivity contribution < 1.29 is 18.8 Å². The topological polar surface area (TPSA) is 73.6 Å². The van der Waals surface area contributed by atoms with Gasteiger partial charge in [-0.25, -0.2) is 0 Å². The third-order valence-corrected chi connectivity index (χ3v) is 4.63. The predicted molar refractivity (Wildman–Crippen MR) is 106 cm³/mol. The number of aryl methyl sites for hydroxylation is 2.